The molecule has 0 aromatic carbocycles. The number of aliphatic carboxylic acids is 1. The Kier molecular flexibility index (Phi) is 54.1. The number of nitrogens with one attached hydrogen (secondary N) is 4. The van der Waals surface area contributed by atoms with Gasteiger partial charge >= 0.3 is 96.4 Å². The van der Waals surface area contributed by atoms with Crippen molar-refractivity contribution < 1.29 is 157 Å². The number of ether oxygens (including phenoxy) is 6. The molecule has 5 N–H and O–H groups in total. The summed E-state index contributed by atoms with van der Waals surface area (Å²) in [5.74, 6) is -7.91. The van der Waals surface area contributed by atoms with Gasteiger partial charge in [-0.15, -0.1) is 0 Å². The second-order valence-corrected chi connectivity index (χ2v) is 22.2. The molecule has 0 aromatic heterocycles. The Morgan fingerprint density at radius 3 is 0.942 bits per heavy atom. The first-order valence-corrected chi connectivity index (χ1v) is 28.6. The van der Waals surface area contributed by atoms with E-state index in [0.717, 1.165) is 39.5 Å². The molecule has 0 rings (SSSR count). The molecule has 0 aliphatic rings. The molecule has 0 heterocycles. The average molecular weight is 1240 g/mol. The predicted octanol–water partition coefficient (Wildman–Crippen LogP) is -2.73. The molecule has 86 heavy (non-hydrogen) atoms. The number of esters is 6. The van der Waals surface area contributed by atoms with Gasteiger partial charge in [-0.2, -0.15) is 0 Å². The maximum absolute atomic E-state index is 12.6. The number of aliphatic hydroxyl groups excluding tert-OH is 1. The maximum Gasteiger partial charge on any atom is 1.00 e. The Morgan fingerprint density at radius 2 is 0.698 bits per heavy atom. The number of carbonyl (C=O) groups is 11. The van der Waals surface area contributed by atoms with E-state index in [1.54, 1.807) is 14.1 Å². The molecule has 2 amide bonds. The Bertz CT molecular complexity index is 2000. The van der Waals surface area contributed by atoms with Crippen LogP contribution in [0.1, 0.15) is 168 Å². The Balaban J connectivity index is -0.000000333. The minimum atomic E-state index is -2.25. The fraction of sp³-hybridized carbons (Fsp3) is 0.717. The number of aliphatic hydroxyl groups is 1. The number of likely N-dealkylation sites (N-methyl/N-ethyl adjacent to an activating group) is 2. The van der Waals surface area contributed by atoms with Crippen molar-refractivity contribution in [1.82, 2.24) is 21.3 Å². The Morgan fingerprint density at radius 1 is 0.442 bits per heavy atom. The third-order valence-electron chi connectivity index (χ3n) is 11.8. The number of ketones is 2. The summed E-state index contributed by atoms with van der Waals surface area (Å²) < 4.78 is 31.0. The normalized spacial score (nSPS) is 13.4. The molecule has 482 valence electrons. The molecular formula is C60H101N4Na2O20+. The van der Waals surface area contributed by atoms with Gasteiger partial charge in [-0.25, -0.2) is 19.2 Å². The SMILES string of the molecule is C=C(C)C(=O)OC(C(C)=O)C(O)C(=O)NC(CC(C)C)C(=O)OCCCCCCOC(=O)C(CC(C)C)NC.C=C(C)C(=O)OC(C(C)=O)C([O-])C(=O)NC(CC(C)C)C(=O)OCCCCCCOC(=O)C(CC(C)C)NC.C=C(C)C(=O)[O-].[H+].[Na+].[Na+]. The van der Waals surface area contributed by atoms with E-state index < -0.39 is 89.7 Å². The number of carbonyl (C=O) groups excluding carboxylic acids is 11. The molecule has 8 unspecified atom stereocenters. The van der Waals surface area contributed by atoms with E-state index >= 15 is 0 Å². The van der Waals surface area contributed by atoms with Gasteiger partial charge in [0, 0.05) is 17.3 Å². The van der Waals surface area contributed by atoms with Crippen molar-refractivity contribution in [2.24, 2.45) is 23.7 Å². The zero-order chi connectivity index (χ0) is 65.4. The monoisotopic (exact) mass is 1240 g/mol. The van der Waals surface area contributed by atoms with Gasteiger partial charge in [0.25, 0.3) is 5.91 Å². The fourth-order valence-corrected chi connectivity index (χ4v) is 7.13. The molecule has 0 saturated carbocycles. The van der Waals surface area contributed by atoms with Crippen molar-refractivity contribution in [2.45, 2.75) is 216 Å². The summed E-state index contributed by atoms with van der Waals surface area (Å²) in [7, 11) is 3.47. The van der Waals surface area contributed by atoms with Crippen LogP contribution in [0.3, 0.4) is 0 Å². The second-order valence-electron chi connectivity index (χ2n) is 22.2. The van der Waals surface area contributed by atoms with E-state index in [1.807, 2.05) is 55.4 Å². The molecule has 0 radical (unpaired) electrons. The number of amides is 2. The van der Waals surface area contributed by atoms with E-state index in [-0.39, 0.29) is 139 Å². The smallest absolute Gasteiger partial charge is 0.842 e. The van der Waals surface area contributed by atoms with Crippen LogP contribution in [0.4, 0.5) is 0 Å². The minimum absolute atomic E-state index is 0. The molecule has 0 saturated heterocycles. The summed E-state index contributed by atoms with van der Waals surface area (Å²) in [6, 6.07) is -2.78. The van der Waals surface area contributed by atoms with Crippen LogP contribution in [0.25, 0.3) is 0 Å². The first kappa shape index (κ1) is 90.4. The van der Waals surface area contributed by atoms with Crippen molar-refractivity contribution in [3.63, 3.8) is 0 Å². The van der Waals surface area contributed by atoms with Crippen molar-refractivity contribution in [3.05, 3.63) is 36.5 Å². The number of carboxylic acids is 1. The van der Waals surface area contributed by atoms with Gasteiger partial charge in [0.2, 0.25) is 5.91 Å². The van der Waals surface area contributed by atoms with Gasteiger partial charge < -0.3 is 69.8 Å². The second kappa shape index (κ2) is 51.5. The number of unbranched alkanes of at least 4 members (excludes halogenated alkanes) is 6. The van der Waals surface area contributed by atoms with Gasteiger partial charge in [0.15, 0.2) is 29.9 Å². The Labute approximate surface area is 556 Å². The molecule has 8 atom stereocenters. The van der Waals surface area contributed by atoms with E-state index in [0.29, 0.717) is 63.6 Å². The zero-order valence-electron chi connectivity index (χ0n) is 55.6. The summed E-state index contributed by atoms with van der Waals surface area (Å²) in [6.07, 6.45) is -0.395. The molecule has 0 aromatic rings. The van der Waals surface area contributed by atoms with Crippen molar-refractivity contribution in [1.29, 1.82) is 0 Å². The molecule has 24 nitrogen and oxygen atoms in total. The largest absolute Gasteiger partial charge is 1.00 e. The van der Waals surface area contributed by atoms with Gasteiger partial charge in [-0.05, 0) is 155 Å². The number of rotatable bonds is 41. The van der Waals surface area contributed by atoms with E-state index in [1.165, 1.54) is 20.8 Å². The summed E-state index contributed by atoms with van der Waals surface area (Å²) in [5, 5.41) is 43.1. The van der Waals surface area contributed by atoms with Crippen molar-refractivity contribution in [3.8, 4) is 0 Å². The molecule has 0 spiro atoms. The molecule has 26 heteroatoms. The summed E-state index contributed by atoms with van der Waals surface area (Å²) in [4.78, 5) is 131. The van der Waals surface area contributed by atoms with E-state index in [9.17, 15) is 68.1 Å². The van der Waals surface area contributed by atoms with Gasteiger partial charge in [-0.3, -0.25) is 28.8 Å². The average Bonchev–Trinajstić information content (AvgIpc) is 3.60. The molecule has 0 aliphatic carbocycles. The van der Waals surface area contributed by atoms with Crippen LogP contribution in [-0.2, 0) is 81.2 Å². The van der Waals surface area contributed by atoms with Crippen LogP contribution in [0, 0.1) is 23.7 Å². The summed E-state index contributed by atoms with van der Waals surface area (Å²) >= 11 is 0. The van der Waals surface area contributed by atoms with Crippen LogP contribution in [0.2, 0.25) is 0 Å². The van der Waals surface area contributed by atoms with Crippen molar-refractivity contribution in [2.75, 3.05) is 40.5 Å². The third-order valence-corrected chi connectivity index (χ3v) is 11.8. The molecule has 0 bridgehead atoms. The maximum atomic E-state index is 12.6. The van der Waals surface area contributed by atoms with Crippen molar-refractivity contribution >= 4 is 65.2 Å². The molecule has 0 fully saturated rings. The molecule has 0 aliphatic heterocycles. The van der Waals surface area contributed by atoms with Crippen LogP contribution < -0.4 is 90.6 Å². The number of hydrogen-bond acceptors (Lipinski definition) is 22. The summed E-state index contributed by atoms with van der Waals surface area (Å²) in [5.41, 5.74) is 0.0374. The van der Waals surface area contributed by atoms with Gasteiger partial charge in [0.05, 0.1) is 32.4 Å². The van der Waals surface area contributed by atoms with Crippen LogP contribution >= 0.6 is 0 Å². The number of Topliss-reactive ketones (excluding diaryl/α,β-unsaturated/α-hetero) is 2. The number of carboxylic acid groups (broad SMARTS) is 1. The quantitative estimate of drug-likeness (QED) is 0.0136. The van der Waals surface area contributed by atoms with Crippen LogP contribution in [-0.4, -0.2) is 159 Å². The topological polar surface area (TPSA) is 358 Å². The molecular weight excluding hydrogens is 1140 g/mol. The predicted molar refractivity (Wildman–Crippen MR) is 310 cm³/mol. The van der Waals surface area contributed by atoms with Gasteiger partial charge in [-0.1, -0.05) is 75.1 Å². The minimum Gasteiger partial charge on any atom is -0.842 e. The summed E-state index contributed by atoms with van der Waals surface area (Å²) in [6.45, 7) is 32.5. The first-order valence-electron chi connectivity index (χ1n) is 28.6. The number of hydrogen-bond donors (Lipinski definition) is 5. The standard InChI is InChI=1S/C28H48N2O9.C28H47N2O9.C4H6O2.2Na/c2*1-17(2)15-21(29-8)27(35)37-13-11-9-10-12-14-38-28(36)22(16-18(3)4)30-25(33)23(32)24(20(7)31)39-26(34)19(5)6;1-3(2)4(5)6;;/h17-18,21-24,29,32H,5,9-16H2,1-4,6-8H3,(H,30,33);17-18,21-24,29H,5,9-16H2,1-4,6-8H3,(H,30,33);1H2,2H3,(H,5,6);;/q;-1;;2*+1. The van der Waals surface area contributed by atoms with E-state index in [4.69, 9.17) is 28.4 Å². The van der Waals surface area contributed by atoms with E-state index in [2.05, 4.69) is 41.0 Å². The fourth-order valence-electron chi connectivity index (χ4n) is 7.13. The first-order chi connectivity index (χ1) is 39.0. The van der Waals surface area contributed by atoms with Crippen LogP contribution in [0.15, 0.2) is 36.5 Å². The zero-order valence-corrected chi connectivity index (χ0v) is 58.6. The van der Waals surface area contributed by atoms with Gasteiger partial charge in [0.1, 0.15) is 24.2 Å². The Hall–Kier alpha value is -4.37. The van der Waals surface area contributed by atoms with Crippen LogP contribution in [0.5, 0.6) is 0 Å². The third kappa shape index (κ3) is 44.1.